The highest BCUT2D eigenvalue weighted by Crippen LogP contribution is 2.38. The van der Waals surface area contributed by atoms with E-state index in [1.807, 2.05) is 0 Å². The first-order valence-electron chi connectivity index (χ1n) is 6.31. The van der Waals surface area contributed by atoms with Crippen LogP contribution < -0.4 is 10.5 Å². The van der Waals surface area contributed by atoms with Gasteiger partial charge in [0.25, 0.3) is 5.56 Å². The molecule has 108 valence electrons. The second-order valence-electron chi connectivity index (χ2n) is 4.86. The fourth-order valence-electron chi connectivity index (χ4n) is 2.52. The van der Waals surface area contributed by atoms with Crippen LogP contribution in [0.3, 0.4) is 0 Å². The minimum Gasteiger partial charge on any atom is -0.480 e. The number of anilines is 2. The molecular formula is C14H12FN3O3. The molecule has 0 radical (unpaired) electrons. The summed E-state index contributed by atoms with van der Waals surface area (Å²) >= 11 is 0. The van der Waals surface area contributed by atoms with E-state index in [-0.39, 0.29) is 12.0 Å². The second-order valence-corrected chi connectivity index (χ2v) is 4.86. The van der Waals surface area contributed by atoms with E-state index in [0.717, 1.165) is 6.20 Å². The van der Waals surface area contributed by atoms with Gasteiger partial charge in [-0.3, -0.25) is 4.79 Å². The van der Waals surface area contributed by atoms with Crippen LogP contribution in [-0.4, -0.2) is 26.7 Å². The van der Waals surface area contributed by atoms with Gasteiger partial charge in [-0.1, -0.05) is 6.07 Å². The molecule has 1 atom stereocenters. The molecule has 0 bridgehead atoms. The Hall–Kier alpha value is -2.70. The number of carboxylic acid groups (broad SMARTS) is 1. The van der Waals surface area contributed by atoms with Crippen molar-refractivity contribution < 1.29 is 14.3 Å². The number of hydrogen-bond donors (Lipinski definition) is 1. The third kappa shape index (κ3) is 2.06. The lowest BCUT2D eigenvalue weighted by atomic mass is 10.1. The van der Waals surface area contributed by atoms with Gasteiger partial charge in [0, 0.05) is 30.9 Å². The Balaban J connectivity index is 2.18. The Bertz CT molecular complexity index is 787. The molecule has 1 N–H and O–H groups in total. The molecule has 0 spiro atoms. The Morgan fingerprint density at radius 2 is 2.24 bits per heavy atom. The SMILES string of the molecule is Cn1cc(N2c3cccc(F)c3CC2C(=O)O)ncc1=O. The van der Waals surface area contributed by atoms with E-state index in [1.165, 1.54) is 27.8 Å². The quantitative estimate of drug-likeness (QED) is 0.895. The van der Waals surface area contributed by atoms with E-state index in [9.17, 15) is 19.1 Å². The molecule has 1 aromatic carbocycles. The maximum absolute atomic E-state index is 13.9. The number of halogens is 1. The predicted molar refractivity (Wildman–Crippen MR) is 73.1 cm³/mol. The standard InChI is InChI=1S/C14H12FN3O3/c1-17-7-12(16-6-13(17)19)18-10-4-2-3-9(15)8(10)5-11(18)14(20)21/h2-4,6-7,11H,5H2,1H3,(H,20,21). The van der Waals surface area contributed by atoms with Gasteiger partial charge in [0.05, 0.1) is 6.20 Å². The zero-order valence-electron chi connectivity index (χ0n) is 11.2. The van der Waals surface area contributed by atoms with Crippen molar-refractivity contribution in [2.75, 3.05) is 4.90 Å². The number of hydrogen-bond acceptors (Lipinski definition) is 4. The normalized spacial score (nSPS) is 16.9. The predicted octanol–water partition coefficient (Wildman–Crippen LogP) is 1.07. The van der Waals surface area contributed by atoms with Gasteiger partial charge in [-0.15, -0.1) is 0 Å². The molecule has 0 aliphatic carbocycles. The lowest BCUT2D eigenvalue weighted by Gasteiger charge is -2.23. The van der Waals surface area contributed by atoms with Crippen LogP contribution in [0.15, 0.2) is 35.4 Å². The lowest BCUT2D eigenvalue weighted by molar-refractivity contribution is -0.138. The Morgan fingerprint density at radius 3 is 2.90 bits per heavy atom. The first-order chi connectivity index (χ1) is 9.99. The van der Waals surface area contributed by atoms with Crippen molar-refractivity contribution in [1.82, 2.24) is 9.55 Å². The van der Waals surface area contributed by atoms with Crippen LogP contribution in [0.1, 0.15) is 5.56 Å². The Kier molecular flexibility index (Phi) is 2.97. The van der Waals surface area contributed by atoms with Crippen LogP contribution in [0.5, 0.6) is 0 Å². The van der Waals surface area contributed by atoms with Gasteiger partial charge >= 0.3 is 5.97 Å². The van der Waals surface area contributed by atoms with Crippen LogP contribution in [0.4, 0.5) is 15.9 Å². The Labute approximate surface area is 119 Å². The summed E-state index contributed by atoms with van der Waals surface area (Å²) in [6.45, 7) is 0. The monoisotopic (exact) mass is 289 g/mol. The summed E-state index contributed by atoms with van der Waals surface area (Å²) in [5.41, 5.74) is 0.512. The van der Waals surface area contributed by atoms with Crippen LogP contribution in [0.2, 0.25) is 0 Å². The summed E-state index contributed by atoms with van der Waals surface area (Å²) in [7, 11) is 1.55. The van der Waals surface area contributed by atoms with Crippen molar-refractivity contribution in [2.24, 2.45) is 7.05 Å². The molecule has 0 amide bonds. The highest BCUT2D eigenvalue weighted by atomic mass is 19.1. The van der Waals surface area contributed by atoms with Crippen molar-refractivity contribution in [3.05, 3.63) is 52.3 Å². The van der Waals surface area contributed by atoms with Gasteiger partial charge in [0.1, 0.15) is 11.9 Å². The van der Waals surface area contributed by atoms with E-state index >= 15 is 0 Å². The van der Waals surface area contributed by atoms with Crippen molar-refractivity contribution in [3.8, 4) is 0 Å². The summed E-state index contributed by atoms with van der Waals surface area (Å²) in [4.78, 5) is 28.3. The van der Waals surface area contributed by atoms with Crippen LogP contribution >= 0.6 is 0 Å². The minimum absolute atomic E-state index is 0.0574. The first-order valence-corrected chi connectivity index (χ1v) is 6.31. The number of carbonyl (C=O) groups is 1. The number of fused-ring (bicyclic) bond motifs is 1. The highest BCUT2D eigenvalue weighted by molar-refractivity contribution is 5.86. The number of carboxylic acids is 1. The number of aliphatic carboxylic acids is 1. The zero-order chi connectivity index (χ0) is 15.1. The maximum Gasteiger partial charge on any atom is 0.327 e. The Morgan fingerprint density at radius 1 is 1.48 bits per heavy atom. The summed E-state index contributed by atoms with van der Waals surface area (Å²) in [6, 6.07) is 3.53. The maximum atomic E-state index is 13.9. The molecule has 0 saturated heterocycles. The molecule has 2 heterocycles. The molecule has 6 nitrogen and oxygen atoms in total. The van der Waals surface area contributed by atoms with E-state index < -0.39 is 17.8 Å². The summed E-state index contributed by atoms with van der Waals surface area (Å²) in [5.74, 6) is -1.21. The number of benzene rings is 1. The molecule has 1 aliphatic rings. The van der Waals surface area contributed by atoms with Crippen molar-refractivity contribution in [2.45, 2.75) is 12.5 Å². The molecule has 1 unspecified atom stereocenters. The fourth-order valence-corrected chi connectivity index (χ4v) is 2.52. The van der Waals surface area contributed by atoms with Crippen molar-refractivity contribution >= 4 is 17.5 Å². The zero-order valence-corrected chi connectivity index (χ0v) is 11.2. The van der Waals surface area contributed by atoms with Crippen LogP contribution in [-0.2, 0) is 18.3 Å². The van der Waals surface area contributed by atoms with Gasteiger partial charge in [-0.25, -0.2) is 14.2 Å². The average Bonchev–Trinajstić information content (AvgIpc) is 2.83. The van der Waals surface area contributed by atoms with Gasteiger partial charge in [0.15, 0.2) is 5.82 Å². The fraction of sp³-hybridized carbons (Fsp3) is 0.214. The van der Waals surface area contributed by atoms with E-state index in [4.69, 9.17) is 0 Å². The summed E-state index contributed by atoms with van der Waals surface area (Å²) in [6.07, 6.45) is 2.62. The van der Waals surface area contributed by atoms with Crippen LogP contribution in [0.25, 0.3) is 0 Å². The first kappa shape index (κ1) is 13.3. The van der Waals surface area contributed by atoms with Crippen LogP contribution in [0, 0.1) is 5.82 Å². The topological polar surface area (TPSA) is 75.4 Å². The van der Waals surface area contributed by atoms with Gasteiger partial charge in [-0.05, 0) is 12.1 Å². The highest BCUT2D eigenvalue weighted by Gasteiger charge is 2.37. The number of aryl methyl sites for hydroxylation is 1. The third-order valence-electron chi connectivity index (χ3n) is 3.56. The lowest BCUT2D eigenvalue weighted by Crippen LogP contribution is -2.36. The van der Waals surface area contributed by atoms with E-state index in [1.54, 1.807) is 13.1 Å². The number of nitrogens with zero attached hydrogens (tertiary/aromatic N) is 3. The number of rotatable bonds is 2. The third-order valence-corrected chi connectivity index (χ3v) is 3.56. The molecule has 0 fully saturated rings. The number of aromatic nitrogens is 2. The molecule has 3 rings (SSSR count). The minimum atomic E-state index is -1.07. The molecule has 0 saturated carbocycles. The van der Waals surface area contributed by atoms with Crippen molar-refractivity contribution in [1.29, 1.82) is 0 Å². The molecule has 1 aliphatic heterocycles. The molecule has 21 heavy (non-hydrogen) atoms. The van der Waals surface area contributed by atoms with Gasteiger partial charge < -0.3 is 14.6 Å². The molecule has 7 heteroatoms. The van der Waals surface area contributed by atoms with Gasteiger partial charge in [-0.2, -0.15) is 0 Å². The largest absolute Gasteiger partial charge is 0.480 e. The van der Waals surface area contributed by atoms with Crippen molar-refractivity contribution in [3.63, 3.8) is 0 Å². The van der Waals surface area contributed by atoms with E-state index in [2.05, 4.69) is 4.98 Å². The summed E-state index contributed by atoms with van der Waals surface area (Å²) in [5, 5.41) is 9.37. The average molecular weight is 289 g/mol. The molecule has 2 aromatic rings. The second kappa shape index (κ2) is 4.69. The van der Waals surface area contributed by atoms with Gasteiger partial charge in [0.2, 0.25) is 0 Å². The smallest absolute Gasteiger partial charge is 0.327 e. The molecular weight excluding hydrogens is 277 g/mol. The molecule has 1 aromatic heterocycles. The van der Waals surface area contributed by atoms with E-state index in [0.29, 0.717) is 17.1 Å². The summed E-state index contributed by atoms with van der Waals surface area (Å²) < 4.78 is 15.2.